The van der Waals surface area contributed by atoms with E-state index in [1.54, 1.807) is 11.8 Å². The summed E-state index contributed by atoms with van der Waals surface area (Å²) in [5.41, 5.74) is 1.83. The first kappa shape index (κ1) is 15.2. The van der Waals surface area contributed by atoms with E-state index in [1.807, 2.05) is 0 Å². The third-order valence-electron chi connectivity index (χ3n) is 3.45. The summed E-state index contributed by atoms with van der Waals surface area (Å²) in [5, 5.41) is 6.83. The quantitative estimate of drug-likeness (QED) is 0.812. The Hall–Kier alpha value is -2.18. The average molecular weight is 293 g/mol. The minimum Gasteiger partial charge on any atom is -0.461 e. The van der Waals surface area contributed by atoms with E-state index in [0.29, 0.717) is 19.5 Å². The molecule has 114 valence electrons. The van der Waals surface area contributed by atoms with Crippen molar-refractivity contribution in [3.8, 4) is 0 Å². The van der Waals surface area contributed by atoms with Crippen LogP contribution in [-0.4, -0.2) is 45.9 Å². The molecular weight excluding hydrogens is 274 g/mol. The van der Waals surface area contributed by atoms with E-state index in [-0.39, 0.29) is 36.8 Å². The molecular formula is C14H19N3O4. The highest BCUT2D eigenvalue weighted by Crippen LogP contribution is 2.21. The van der Waals surface area contributed by atoms with E-state index in [9.17, 15) is 14.4 Å². The second-order valence-corrected chi connectivity index (χ2v) is 5.02. The third kappa shape index (κ3) is 3.48. The largest absolute Gasteiger partial charge is 0.461 e. The van der Waals surface area contributed by atoms with Gasteiger partial charge in [0.15, 0.2) is 5.69 Å². The van der Waals surface area contributed by atoms with Crippen molar-refractivity contribution in [1.29, 1.82) is 0 Å². The van der Waals surface area contributed by atoms with Crippen LogP contribution < -0.4 is 0 Å². The lowest BCUT2D eigenvalue weighted by molar-refractivity contribution is -0.133. The first-order valence-electron chi connectivity index (χ1n) is 7.03. The Morgan fingerprint density at radius 1 is 1.33 bits per heavy atom. The third-order valence-corrected chi connectivity index (χ3v) is 3.45. The second-order valence-electron chi connectivity index (χ2n) is 5.02. The summed E-state index contributed by atoms with van der Waals surface area (Å²) in [6.45, 7) is 4.37. The number of fused-ring (bicyclic) bond motifs is 1. The standard InChI is InChI=1S/C14H19N3O4/c1-3-21-14(20)13-10-8-17(7-6-11(10)15-16-13)12(19)5-4-9(2)18/h3-8H2,1-2H3,(H,15,16). The fourth-order valence-electron chi connectivity index (χ4n) is 2.32. The maximum atomic E-state index is 12.1. The number of nitrogens with one attached hydrogen (secondary N) is 1. The molecule has 0 unspecified atom stereocenters. The minimum absolute atomic E-state index is 0.00317. The van der Waals surface area contributed by atoms with Crippen molar-refractivity contribution in [3.05, 3.63) is 17.0 Å². The molecule has 0 fully saturated rings. The molecule has 7 nitrogen and oxygen atoms in total. The molecule has 1 aromatic heterocycles. The Balaban J connectivity index is 2.08. The van der Waals surface area contributed by atoms with Crippen molar-refractivity contribution in [2.24, 2.45) is 0 Å². The summed E-state index contributed by atoms with van der Waals surface area (Å²) in [5.74, 6) is -0.559. The highest BCUT2D eigenvalue weighted by atomic mass is 16.5. The molecule has 7 heteroatoms. The van der Waals surface area contributed by atoms with Gasteiger partial charge >= 0.3 is 5.97 Å². The van der Waals surface area contributed by atoms with Gasteiger partial charge in [-0.05, 0) is 13.8 Å². The van der Waals surface area contributed by atoms with Crippen LogP contribution in [0.15, 0.2) is 0 Å². The topological polar surface area (TPSA) is 92.4 Å². The predicted molar refractivity (Wildman–Crippen MR) is 73.6 cm³/mol. The molecule has 0 radical (unpaired) electrons. The lowest BCUT2D eigenvalue weighted by Gasteiger charge is -2.27. The van der Waals surface area contributed by atoms with Crippen LogP contribution in [0.25, 0.3) is 0 Å². The molecule has 1 aliphatic rings. The molecule has 1 amide bonds. The van der Waals surface area contributed by atoms with E-state index in [0.717, 1.165) is 11.3 Å². The van der Waals surface area contributed by atoms with Gasteiger partial charge in [-0.15, -0.1) is 0 Å². The number of aromatic amines is 1. The van der Waals surface area contributed by atoms with Crippen LogP contribution in [-0.2, 0) is 27.3 Å². The van der Waals surface area contributed by atoms with Gasteiger partial charge in [0.2, 0.25) is 5.91 Å². The van der Waals surface area contributed by atoms with Crippen molar-refractivity contribution in [2.75, 3.05) is 13.2 Å². The molecule has 0 atom stereocenters. The zero-order valence-corrected chi connectivity index (χ0v) is 12.3. The monoisotopic (exact) mass is 293 g/mol. The number of rotatable bonds is 5. The molecule has 1 aromatic rings. The van der Waals surface area contributed by atoms with Gasteiger partial charge < -0.3 is 14.4 Å². The van der Waals surface area contributed by atoms with Gasteiger partial charge in [0.05, 0.1) is 6.61 Å². The lowest BCUT2D eigenvalue weighted by atomic mass is 10.0. The van der Waals surface area contributed by atoms with Crippen molar-refractivity contribution in [1.82, 2.24) is 15.1 Å². The molecule has 2 rings (SSSR count). The van der Waals surface area contributed by atoms with Crippen molar-refractivity contribution >= 4 is 17.7 Å². The summed E-state index contributed by atoms with van der Waals surface area (Å²) < 4.78 is 4.96. The number of amides is 1. The number of carbonyl (C=O) groups is 3. The molecule has 1 aliphatic heterocycles. The molecule has 0 aliphatic carbocycles. The van der Waals surface area contributed by atoms with Crippen LogP contribution >= 0.6 is 0 Å². The second kappa shape index (κ2) is 6.51. The van der Waals surface area contributed by atoms with Crippen LogP contribution in [0.2, 0.25) is 0 Å². The van der Waals surface area contributed by atoms with E-state index < -0.39 is 5.97 Å². The Bertz CT molecular complexity index is 565. The molecule has 21 heavy (non-hydrogen) atoms. The average Bonchev–Trinajstić information content (AvgIpc) is 2.87. The highest BCUT2D eigenvalue weighted by Gasteiger charge is 2.28. The van der Waals surface area contributed by atoms with E-state index >= 15 is 0 Å². The summed E-state index contributed by atoms with van der Waals surface area (Å²) >= 11 is 0. The van der Waals surface area contributed by atoms with Crippen LogP contribution in [0, 0.1) is 0 Å². The summed E-state index contributed by atoms with van der Waals surface area (Å²) in [4.78, 5) is 36.5. The minimum atomic E-state index is -0.479. The molecule has 2 heterocycles. The van der Waals surface area contributed by atoms with Gasteiger partial charge in [-0.1, -0.05) is 0 Å². The lowest BCUT2D eigenvalue weighted by Crippen LogP contribution is -2.36. The van der Waals surface area contributed by atoms with Crippen molar-refractivity contribution in [2.45, 2.75) is 39.7 Å². The van der Waals surface area contributed by atoms with Crippen LogP contribution in [0.5, 0.6) is 0 Å². The Morgan fingerprint density at radius 2 is 2.10 bits per heavy atom. The number of Topliss-reactive ketones (excluding diaryl/α,β-unsaturated/α-hetero) is 1. The number of carbonyl (C=O) groups excluding carboxylic acids is 3. The van der Waals surface area contributed by atoms with Gasteiger partial charge in [0.25, 0.3) is 0 Å². The number of H-pyrrole nitrogens is 1. The first-order chi connectivity index (χ1) is 10.0. The molecule has 1 N–H and O–H groups in total. The normalized spacial score (nSPS) is 13.7. The molecule has 0 saturated heterocycles. The number of hydrogen-bond acceptors (Lipinski definition) is 5. The molecule has 0 spiro atoms. The number of ketones is 1. The number of esters is 1. The number of aromatic nitrogens is 2. The van der Waals surface area contributed by atoms with E-state index in [1.165, 1.54) is 6.92 Å². The number of ether oxygens (including phenoxy) is 1. The predicted octanol–water partition coefficient (Wildman–Crippen LogP) is 0.840. The van der Waals surface area contributed by atoms with Crippen LogP contribution in [0.3, 0.4) is 0 Å². The van der Waals surface area contributed by atoms with Gasteiger partial charge in [-0.2, -0.15) is 5.10 Å². The maximum Gasteiger partial charge on any atom is 0.359 e. The zero-order chi connectivity index (χ0) is 15.4. The van der Waals surface area contributed by atoms with Gasteiger partial charge in [-0.3, -0.25) is 9.89 Å². The van der Waals surface area contributed by atoms with E-state index in [2.05, 4.69) is 10.2 Å². The van der Waals surface area contributed by atoms with E-state index in [4.69, 9.17) is 4.74 Å². The van der Waals surface area contributed by atoms with Gasteiger partial charge in [0.1, 0.15) is 5.78 Å². The SMILES string of the molecule is CCOC(=O)c1n[nH]c2c1CN(C(=O)CCC(C)=O)CC2. The van der Waals surface area contributed by atoms with Crippen molar-refractivity contribution < 1.29 is 19.1 Å². The fourth-order valence-corrected chi connectivity index (χ4v) is 2.32. The molecule has 0 aromatic carbocycles. The first-order valence-corrected chi connectivity index (χ1v) is 7.03. The molecule has 0 bridgehead atoms. The van der Waals surface area contributed by atoms with Gasteiger partial charge in [0, 0.05) is 43.6 Å². The van der Waals surface area contributed by atoms with Gasteiger partial charge in [-0.25, -0.2) is 4.79 Å². The number of hydrogen-bond donors (Lipinski definition) is 1. The summed E-state index contributed by atoms with van der Waals surface area (Å²) in [6.07, 6.45) is 1.07. The maximum absolute atomic E-state index is 12.1. The Kier molecular flexibility index (Phi) is 4.72. The Labute approximate surface area is 122 Å². The van der Waals surface area contributed by atoms with Crippen LogP contribution in [0.1, 0.15) is 48.4 Å². The zero-order valence-electron chi connectivity index (χ0n) is 12.3. The smallest absolute Gasteiger partial charge is 0.359 e. The van der Waals surface area contributed by atoms with Crippen molar-refractivity contribution in [3.63, 3.8) is 0 Å². The summed E-state index contributed by atoms with van der Waals surface area (Å²) in [6, 6.07) is 0. The fraction of sp³-hybridized carbons (Fsp3) is 0.571. The Morgan fingerprint density at radius 3 is 2.76 bits per heavy atom. The molecule has 0 saturated carbocycles. The number of nitrogens with zero attached hydrogens (tertiary/aromatic N) is 2. The highest BCUT2D eigenvalue weighted by molar-refractivity contribution is 5.89. The summed E-state index contributed by atoms with van der Waals surface area (Å²) in [7, 11) is 0. The van der Waals surface area contributed by atoms with Crippen LogP contribution in [0.4, 0.5) is 0 Å².